The van der Waals surface area contributed by atoms with Crippen molar-refractivity contribution in [1.82, 2.24) is 5.32 Å². The predicted octanol–water partition coefficient (Wildman–Crippen LogP) is 4.51. The fourth-order valence-electron chi connectivity index (χ4n) is 2.57. The molecule has 0 atom stereocenters. The molecule has 0 bridgehead atoms. The van der Waals surface area contributed by atoms with Crippen molar-refractivity contribution < 1.29 is 4.74 Å². The van der Waals surface area contributed by atoms with Crippen molar-refractivity contribution in [3.8, 4) is 5.75 Å². The summed E-state index contributed by atoms with van der Waals surface area (Å²) in [5.74, 6) is 0.934. The topological polar surface area (TPSA) is 21.3 Å². The Kier molecular flexibility index (Phi) is 4.23. The number of ether oxygens (including phenoxy) is 1. The second-order valence-electron chi connectivity index (χ2n) is 5.09. The van der Waals surface area contributed by atoms with Gasteiger partial charge in [0.1, 0.15) is 5.75 Å². The minimum absolute atomic E-state index is 0.863. The molecule has 108 valence electrons. The quantitative estimate of drug-likeness (QED) is 0.748. The molecule has 2 aromatic carbocycles. The largest absolute Gasteiger partial charge is 0.496 e. The zero-order valence-corrected chi connectivity index (χ0v) is 13.2. The molecule has 0 aliphatic carbocycles. The van der Waals surface area contributed by atoms with Crippen LogP contribution in [0.4, 0.5) is 0 Å². The Balaban J connectivity index is 1.78. The van der Waals surface area contributed by atoms with E-state index in [1.165, 1.54) is 26.1 Å². The van der Waals surface area contributed by atoms with Crippen molar-refractivity contribution in [1.29, 1.82) is 0 Å². The fourth-order valence-corrected chi connectivity index (χ4v) is 3.43. The van der Waals surface area contributed by atoms with Gasteiger partial charge in [-0.3, -0.25) is 0 Å². The van der Waals surface area contributed by atoms with E-state index >= 15 is 0 Å². The van der Waals surface area contributed by atoms with E-state index in [-0.39, 0.29) is 0 Å². The van der Waals surface area contributed by atoms with Gasteiger partial charge in [-0.1, -0.05) is 30.3 Å². The Morgan fingerprint density at radius 2 is 1.76 bits per heavy atom. The Labute approximate surface area is 129 Å². The second-order valence-corrected chi connectivity index (χ2v) is 6.46. The van der Waals surface area contributed by atoms with E-state index in [0.717, 1.165) is 18.8 Å². The third kappa shape index (κ3) is 3.09. The van der Waals surface area contributed by atoms with Crippen LogP contribution < -0.4 is 10.1 Å². The number of benzene rings is 2. The van der Waals surface area contributed by atoms with Crippen LogP contribution in [0.3, 0.4) is 0 Å². The average molecular weight is 297 g/mol. The molecule has 0 aliphatic rings. The Hall–Kier alpha value is -1.84. The van der Waals surface area contributed by atoms with E-state index in [0.29, 0.717) is 0 Å². The van der Waals surface area contributed by atoms with Gasteiger partial charge in [0.15, 0.2) is 0 Å². The van der Waals surface area contributed by atoms with Crippen LogP contribution in [0.2, 0.25) is 0 Å². The first-order valence-electron chi connectivity index (χ1n) is 7.08. The van der Waals surface area contributed by atoms with Crippen LogP contribution in [0.5, 0.6) is 5.75 Å². The highest BCUT2D eigenvalue weighted by Gasteiger charge is 2.05. The Morgan fingerprint density at radius 1 is 0.952 bits per heavy atom. The molecule has 0 saturated heterocycles. The highest BCUT2D eigenvalue weighted by molar-refractivity contribution is 7.11. The van der Waals surface area contributed by atoms with Gasteiger partial charge in [0.25, 0.3) is 0 Å². The van der Waals surface area contributed by atoms with Crippen LogP contribution >= 0.6 is 11.3 Å². The molecule has 0 spiro atoms. The number of methoxy groups -OCH3 is 1. The SMILES string of the molecule is COc1ccc(CNCc2ccc(C)s2)c2ccccc12. The van der Waals surface area contributed by atoms with Gasteiger partial charge in [-0.15, -0.1) is 11.3 Å². The molecular formula is C18H19NOS. The van der Waals surface area contributed by atoms with Crippen LogP contribution in [-0.4, -0.2) is 7.11 Å². The maximum Gasteiger partial charge on any atom is 0.126 e. The first-order valence-corrected chi connectivity index (χ1v) is 7.90. The van der Waals surface area contributed by atoms with E-state index < -0.39 is 0 Å². The van der Waals surface area contributed by atoms with Gasteiger partial charge in [0.05, 0.1) is 7.11 Å². The number of nitrogens with one attached hydrogen (secondary N) is 1. The number of thiophene rings is 1. The number of hydrogen-bond acceptors (Lipinski definition) is 3. The van der Waals surface area contributed by atoms with Crippen LogP contribution in [0, 0.1) is 6.92 Å². The molecule has 0 radical (unpaired) electrons. The predicted molar refractivity (Wildman–Crippen MR) is 90.1 cm³/mol. The van der Waals surface area contributed by atoms with Crippen LogP contribution in [-0.2, 0) is 13.1 Å². The molecule has 3 heteroatoms. The number of aryl methyl sites for hydroxylation is 1. The monoisotopic (exact) mass is 297 g/mol. The highest BCUT2D eigenvalue weighted by Crippen LogP contribution is 2.28. The average Bonchev–Trinajstić information content (AvgIpc) is 2.93. The molecule has 21 heavy (non-hydrogen) atoms. The molecule has 1 N–H and O–H groups in total. The standard InChI is InChI=1S/C18H19NOS/c1-13-7-9-15(21-13)12-19-11-14-8-10-18(20-2)17-6-4-3-5-16(14)17/h3-10,19H,11-12H2,1-2H3. The van der Waals surface area contributed by atoms with Crippen molar-refractivity contribution in [3.63, 3.8) is 0 Å². The zero-order valence-electron chi connectivity index (χ0n) is 12.3. The summed E-state index contributed by atoms with van der Waals surface area (Å²) in [7, 11) is 1.72. The van der Waals surface area contributed by atoms with Crippen LogP contribution in [0.1, 0.15) is 15.3 Å². The summed E-state index contributed by atoms with van der Waals surface area (Å²) in [6, 6.07) is 17.0. The summed E-state index contributed by atoms with van der Waals surface area (Å²) < 4.78 is 5.44. The van der Waals surface area contributed by atoms with Crippen LogP contribution in [0.15, 0.2) is 48.5 Å². The maximum absolute atomic E-state index is 5.44. The first kappa shape index (κ1) is 14.1. The lowest BCUT2D eigenvalue weighted by Gasteiger charge is -2.11. The van der Waals surface area contributed by atoms with Gasteiger partial charge >= 0.3 is 0 Å². The summed E-state index contributed by atoms with van der Waals surface area (Å²) in [6.45, 7) is 3.92. The normalized spacial score (nSPS) is 11.0. The fraction of sp³-hybridized carbons (Fsp3) is 0.222. The van der Waals surface area contributed by atoms with Gasteiger partial charge < -0.3 is 10.1 Å². The minimum atomic E-state index is 0.863. The van der Waals surface area contributed by atoms with E-state index in [1.54, 1.807) is 7.11 Å². The summed E-state index contributed by atoms with van der Waals surface area (Å²) in [6.07, 6.45) is 0. The van der Waals surface area contributed by atoms with Gasteiger partial charge in [-0.2, -0.15) is 0 Å². The molecule has 0 amide bonds. The lowest BCUT2D eigenvalue weighted by Crippen LogP contribution is -2.12. The summed E-state index contributed by atoms with van der Waals surface area (Å²) >= 11 is 1.85. The third-order valence-corrected chi connectivity index (χ3v) is 4.61. The molecule has 0 unspecified atom stereocenters. The Morgan fingerprint density at radius 3 is 2.48 bits per heavy atom. The molecule has 1 heterocycles. The van der Waals surface area contributed by atoms with E-state index in [4.69, 9.17) is 4.74 Å². The summed E-state index contributed by atoms with van der Waals surface area (Å²) in [4.78, 5) is 2.74. The molecule has 0 aliphatic heterocycles. The summed E-state index contributed by atoms with van der Waals surface area (Å²) in [5.41, 5.74) is 1.31. The van der Waals surface area contributed by atoms with E-state index in [1.807, 2.05) is 11.3 Å². The molecule has 1 aromatic heterocycles. The molecule has 2 nitrogen and oxygen atoms in total. The van der Waals surface area contributed by atoms with Crippen molar-refractivity contribution in [2.45, 2.75) is 20.0 Å². The van der Waals surface area contributed by atoms with Gasteiger partial charge in [0.2, 0.25) is 0 Å². The van der Waals surface area contributed by atoms with Crippen molar-refractivity contribution in [2.24, 2.45) is 0 Å². The minimum Gasteiger partial charge on any atom is -0.496 e. The Bertz CT molecular complexity index is 748. The van der Waals surface area contributed by atoms with Gasteiger partial charge in [0, 0.05) is 28.2 Å². The van der Waals surface area contributed by atoms with Gasteiger partial charge in [-0.25, -0.2) is 0 Å². The lowest BCUT2D eigenvalue weighted by molar-refractivity contribution is 0.419. The third-order valence-electron chi connectivity index (χ3n) is 3.60. The second kappa shape index (κ2) is 6.29. The van der Waals surface area contributed by atoms with E-state index in [9.17, 15) is 0 Å². The van der Waals surface area contributed by atoms with Crippen molar-refractivity contribution in [3.05, 3.63) is 63.8 Å². The van der Waals surface area contributed by atoms with Crippen molar-refractivity contribution in [2.75, 3.05) is 7.11 Å². The lowest BCUT2D eigenvalue weighted by atomic mass is 10.0. The maximum atomic E-state index is 5.44. The zero-order chi connectivity index (χ0) is 14.7. The highest BCUT2D eigenvalue weighted by atomic mass is 32.1. The molecule has 0 fully saturated rings. The molecule has 0 saturated carbocycles. The van der Waals surface area contributed by atoms with Crippen LogP contribution in [0.25, 0.3) is 10.8 Å². The molecule has 3 rings (SSSR count). The molecule has 3 aromatic rings. The van der Waals surface area contributed by atoms with Gasteiger partial charge in [-0.05, 0) is 36.1 Å². The number of fused-ring (bicyclic) bond motifs is 1. The molecular weight excluding hydrogens is 278 g/mol. The number of rotatable bonds is 5. The summed E-state index contributed by atoms with van der Waals surface area (Å²) in [5, 5.41) is 5.96. The van der Waals surface area contributed by atoms with E-state index in [2.05, 4.69) is 60.8 Å². The van der Waals surface area contributed by atoms with Crippen molar-refractivity contribution >= 4 is 22.1 Å². The first-order chi connectivity index (χ1) is 10.3. The smallest absolute Gasteiger partial charge is 0.126 e. The number of hydrogen-bond donors (Lipinski definition) is 1.